The van der Waals surface area contributed by atoms with E-state index in [1.165, 1.54) is 0 Å². The summed E-state index contributed by atoms with van der Waals surface area (Å²) in [6.45, 7) is 3.60. The van der Waals surface area contributed by atoms with Gasteiger partial charge in [0.25, 0.3) is 0 Å². The molecule has 1 rings (SSSR count). The van der Waals surface area contributed by atoms with E-state index in [1.807, 2.05) is 0 Å². The van der Waals surface area contributed by atoms with Crippen LogP contribution in [-0.4, -0.2) is 30.1 Å². The van der Waals surface area contributed by atoms with Crippen LogP contribution >= 0.6 is 0 Å². The normalized spacial score (nSPS) is 24.8. The van der Waals surface area contributed by atoms with Gasteiger partial charge in [-0.3, -0.25) is 0 Å². The van der Waals surface area contributed by atoms with Crippen LogP contribution in [0, 0.1) is 5.92 Å². The van der Waals surface area contributed by atoms with Crippen LogP contribution in [0.4, 0.5) is 4.79 Å². The van der Waals surface area contributed by atoms with Crippen molar-refractivity contribution in [2.45, 2.75) is 25.8 Å². The second kappa shape index (κ2) is 3.76. The second-order valence-corrected chi connectivity index (χ2v) is 3.55. The van der Waals surface area contributed by atoms with Gasteiger partial charge in [0.2, 0.25) is 0 Å². The Bertz CT molecular complexity index is 172. The third kappa shape index (κ3) is 1.88. The minimum absolute atomic E-state index is 0.296. The maximum Gasteiger partial charge on any atom is 0.315 e. The van der Waals surface area contributed by atoms with E-state index in [0.717, 1.165) is 19.4 Å². The predicted molar refractivity (Wildman–Crippen MR) is 47.5 cm³/mol. The largest absolute Gasteiger partial charge is 0.351 e. The fourth-order valence-corrected chi connectivity index (χ4v) is 1.54. The average Bonchev–Trinajstić information content (AvgIpc) is 1.96. The number of hydrogen-bond acceptors (Lipinski definition) is 2. The summed E-state index contributed by atoms with van der Waals surface area (Å²) in [4.78, 5) is 12.5. The van der Waals surface area contributed by atoms with Crippen molar-refractivity contribution in [3.8, 4) is 0 Å². The molecule has 0 aromatic rings. The van der Waals surface area contributed by atoms with Gasteiger partial charge in [-0.2, -0.15) is 0 Å². The lowest BCUT2D eigenvalue weighted by molar-refractivity contribution is 0.107. The fourth-order valence-electron chi connectivity index (χ4n) is 1.54. The molecular formula is C8H17N3O. The van der Waals surface area contributed by atoms with Crippen LogP contribution in [0.5, 0.6) is 0 Å². The Morgan fingerprint density at radius 2 is 2.42 bits per heavy atom. The molecule has 1 heterocycles. The van der Waals surface area contributed by atoms with Crippen molar-refractivity contribution in [3.63, 3.8) is 0 Å². The zero-order valence-electron chi connectivity index (χ0n) is 7.49. The summed E-state index contributed by atoms with van der Waals surface area (Å²) in [5.41, 5.74) is 10.6. The highest BCUT2D eigenvalue weighted by Crippen LogP contribution is 2.22. The van der Waals surface area contributed by atoms with Crippen LogP contribution in [0.25, 0.3) is 0 Å². The number of hydrogen-bond donors (Lipinski definition) is 2. The highest BCUT2D eigenvalue weighted by Gasteiger charge is 2.31. The summed E-state index contributed by atoms with van der Waals surface area (Å²) in [6.07, 6.45) is 2.06. The Labute approximate surface area is 72.9 Å². The van der Waals surface area contributed by atoms with Crippen molar-refractivity contribution in [2.24, 2.45) is 17.4 Å². The number of primary amides is 1. The maximum atomic E-state index is 10.8. The molecule has 4 heteroatoms. The number of urea groups is 1. The molecule has 1 aliphatic heterocycles. The van der Waals surface area contributed by atoms with Gasteiger partial charge in [-0.25, -0.2) is 4.79 Å². The van der Waals surface area contributed by atoms with Crippen LogP contribution in [0.1, 0.15) is 19.8 Å². The molecule has 0 bridgehead atoms. The lowest BCUT2D eigenvalue weighted by Crippen LogP contribution is -2.54. The molecule has 0 aromatic carbocycles. The second-order valence-electron chi connectivity index (χ2n) is 3.55. The summed E-state index contributed by atoms with van der Waals surface area (Å²) in [5.74, 6) is 0.483. The third-order valence-electron chi connectivity index (χ3n) is 2.50. The Hall–Kier alpha value is -0.770. The molecule has 70 valence electrons. The topological polar surface area (TPSA) is 72.3 Å². The van der Waals surface area contributed by atoms with Crippen LogP contribution in [0.15, 0.2) is 0 Å². The minimum atomic E-state index is -0.296. The fraction of sp³-hybridized carbons (Fsp3) is 0.875. The summed E-state index contributed by atoms with van der Waals surface area (Å²) in [5, 5.41) is 0. The van der Waals surface area contributed by atoms with E-state index < -0.39 is 0 Å². The first-order valence-corrected chi connectivity index (χ1v) is 4.41. The molecule has 0 aromatic heterocycles. The van der Waals surface area contributed by atoms with E-state index in [1.54, 1.807) is 4.90 Å². The van der Waals surface area contributed by atoms with Gasteiger partial charge in [-0.05, 0) is 25.3 Å². The van der Waals surface area contributed by atoms with E-state index in [4.69, 9.17) is 11.5 Å². The Kier molecular flexibility index (Phi) is 2.92. The van der Waals surface area contributed by atoms with Crippen LogP contribution in [0.2, 0.25) is 0 Å². The predicted octanol–water partition coefficient (Wildman–Crippen LogP) is 0.124. The van der Waals surface area contributed by atoms with Gasteiger partial charge in [0.15, 0.2) is 0 Å². The number of likely N-dealkylation sites (tertiary alicyclic amines) is 1. The van der Waals surface area contributed by atoms with E-state index >= 15 is 0 Å². The molecule has 2 atom stereocenters. The Morgan fingerprint density at radius 1 is 1.75 bits per heavy atom. The van der Waals surface area contributed by atoms with Gasteiger partial charge in [-0.1, -0.05) is 6.92 Å². The molecule has 0 spiro atoms. The number of nitrogens with two attached hydrogens (primary N) is 2. The summed E-state index contributed by atoms with van der Waals surface area (Å²) in [7, 11) is 0. The quantitative estimate of drug-likeness (QED) is 0.633. The molecular weight excluding hydrogens is 154 g/mol. The zero-order valence-corrected chi connectivity index (χ0v) is 7.49. The maximum absolute atomic E-state index is 10.8. The summed E-state index contributed by atoms with van der Waals surface area (Å²) < 4.78 is 0. The summed E-state index contributed by atoms with van der Waals surface area (Å²) >= 11 is 0. The lowest BCUT2D eigenvalue weighted by atomic mass is 9.93. The van der Waals surface area contributed by atoms with E-state index in [2.05, 4.69) is 6.92 Å². The van der Waals surface area contributed by atoms with Crippen molar-refractivity contribution in [1.82, 2.24) is 4.90 Å². The molecule has 1 aliphatic rings. The van der Waals surface area contributed by atoms with Gasteiger partial charge in [0.1, 0.15) is 0 Å². The highest BCUT2D eigenvalue weighted by molar-refractivity contribution is 5.73. The van der Waals surface area contributed by atoms with Crippen molar-refractivity contribution >= 4 is 6.03 Å². The van der Waals surface area contributed by atoms with Gasteiger partial charge in [0.05, 0.1) is 0 Å². The first-order valence-electron chi connectivity index (χ1n) is 4.41. The number of carbonyl (C=O) groups is 1. The number of amides is 2. The monoisotopic (exact) mass is 171 g/mol. The smallest absolute Gasteiger partial charge is 0.315 e. The Morgan fingerprint density at radius 3 is 2.75 bits per heavy atom. The molecule has 4 nitrogen and oxygen atoms in total. The molecule has 0 radical (unpaired) electrons. The van der Waals surface area contributed by atoms with Crippen molar-refractivity contribution < 1.29 is 4.79 Å². The Balaban J connectivity index is 2.29. The van der Waals surface area contributed by atoms with E-state index in [0.29, 0.717) is 18.5 Å². The minimum Gasteiger partial charge on any atom is -0.351 e. The molecule has 4 N–H and O–H groups in total. The summed E-state index contributed by atoms with van der Waals surface area (Å²) in [6, 6.07) is 0.0523. The van der Waals surface area contributed by atoms with Gasteiger partial charge in [-0.15, -0.1) is 0 Å². The molecule has 2 amide bonds. The van der Waals surface area contributed by atoms with Crippen LogP contribution < -0.4 is 11.5 Å². The van der Waals surface area contributed by atoms with Crippen molar-refractivity contribution in [2.75, 3.05) is 13.1 Å². The van der Waals surface area contributed by atoms with E-state index in [9.17, 15) is 4.79 Å². The standard InChI is InChI=1S/C8H17N3O/c1-6(5-9)4-7-2-3-11(7)8(10)12/h6-7H,2-5,9H2,1H3,(H2,10,12). The number of nitrogens with zero attached hydrogens (tertiary/aromatic N) is 1. The first kappa shape index (κ1) is 9.32. The molecule has 1 saturated heterocycles. The van der Waals surface area contributed by atoms with Crippen LogP contribution in [0.3, 0.4) is 0 Å². The molecule has 2 unspecified atom stereocenters. The van der Waals surface area contributed by atoms with Crippen LogP contribution in [-0.2, 0) is 0 Å². The molecule has 0 aliphatic carbocycles. The van der Waals surface area contributed by atoms with Crippen molar-refractivity contribution in [3.05, 3.63) is 0 Å². The highest BCUT2D eigenvalue weighted by atomic mass is 16.2. The van der Waals surface area contributed by atoms with Gasteiger partial charge < -0.3 is 16.4 Å². The number of rotatable bonds is 3. The lowest BCUT2D eigenvalue weighted by Gasteiger charge is -2.40. The average molecular weight is 171 g/mol. The van der Waals surface area contributed by atoms with Gasteiger partial charge >= 0.3 is 6.03 Å². The zero-order chi connectivity index (χ0) is 9.14. The van der Waals surface area contributed by atoms with Crippen molar-refractivity contribution in [1.29, 1.82) is 0 Å². The first-order chi connectivity index (χ1) is 5.65. The third-order valence-corrected chi connectivity index (χ3v) is 2.50. The van der Waals surface area contributed by atoms with E-state index in [-0.39, 0.29) is 6.03 Å². The number of carbonyl (C=O) groups excluding carboxylic acids is 1. The molecule has 0 saturated carbocycles. The SMILES string of the molecule is CC(CN)CC1CCN1C(N)=O. The molecule has 1 fully saturated rings. The van der Waals surface area contributed by atoms with Gasteiger partial charge in [0, 0.05) is 12.6 Å². The molecule has 12 heavy (non-hydrogen) atoms.